The van der Waals surface area contributed by atoms with Crippen molar-refractivity contribution in [3.8, 4) is 0 Å². The zero-order valence-corrected chi connectivity index (χ0v) is 10.8. The molecule has 0 spiro atoms. The number of likely N-dealkylation sites (N-methyl/N-ethyl adjacent to an activating group) is 1. The Morgan fingerprint density at radius 3 is 2.71 bits per heavy atom. The van der Waals surface area contributed by atoms with Gasteiger partial charge in [0.1, 0.15) is 5.82 Å². The molecule has 0 atom stereocenters. The lowest BCUT2D eigenvalue weighted by atomic mass is 10.1. The smallest absolute Gasteiger partial charge is 0.322 e. The van der Waals surface area contributed by atoms with Crippen LogP contribution in [0.4, 0.5) is 10.1 Å². The molecular formula is C10H13BrFN2O3+. The first-order valence-electron chi connectivity index (χ1n) is 4.89. The zero-order valence-electron chi connectivity index (χ0n) is 9.23. The fraction of sp³-hybridized carbons (Fsp3) is 0.400. The third-order valence-corrected chi connectivity index (χ3v) is 2.86. The average molecular weight is 308 g/mol. The van der Waals surface area contributed by atoms with Gasteiger partial charge in [-0.25, -0.2) is 9.60 Å². The van der Waals surface area contributed by atoms with Gasteiger partial charge in [-0.3, -0.25) is 4.90 Å². The number of benzene rings is 1. The topological polar surface area (TPSA) is 63.8 Å². The van der Waals surface area contributed by atoms with Crippen LogP contribution < -0.4 is 0 Å². The summed E-state index contributed by atoms with van der Waals surface area (Å²) in [5, 5.41) is 17.7. The Kier molecular flexibility index (Phi) is 4.98. The van der Waals surface area contributed by atoms with Gasteiger partial charge in [-0.15, -0.1) is 0 Å². The van der Waals surface area contributed by atoms with Crippen LogP contribution in [0, 0.1) is 10.7 Å². The van der Waals surface area contributed by atoms with Gasteiger partial charge in [0.25, 0.3) is 4.92 Å². The minimum absolute atomic E-state index is 0.0249. The van der Waals surface area contributed by atoms with Crippen molar-refractivity contribution in [2.75, 3.05) is 20.2 Å². The summed E-state index contributed by atoms with van der Waals surface area (Å²) < 4.78 is 13.4. The zero-order chi connectivity index (χ0) is 13.0. The highest BCUT2D eigenvalue weighted by Crippen LogP contribution is 2.26. The maximum Gasteiger partial charge on any atom is 0.322 e. The van der Waals surface area contributed by atoms with Crippen molar-refractivity contribution in [1.82, 2.24) is 4.90 Å². The maximum absolute atomic E-state index is 13.3. The molecule has 0 saturated carbocycles. The van der Waals surface area contributed by atoms with Crippen LogP contribution >= 0.6 is 15.9 Å². The molecule has 0 aromatic heterocycles. The van der Waals surface area contributed by atoms with E-state index < -0.39 is 5.82 Å². The molecule has 0 aliphatic heterocycles. The van der Waals surface area contributed by atoms with Crippen LogP contribution in [0.1, 0.15) is 5.56 Å². The number of hydrogen-bond acceptors (Lipinski definition) is 3. The summed E-state index contributed by atoms with van der Waals surface area (Å²) in [5.41, 5.74) is 0.321. The summed E-state index contributed by atoms with van der Waals surface area (Å²) >= 11 is 2.94. The van der Waals surface area contributed by atoms with Crippen molar-refractivity contribution < 1.29 is 19.6 Å². The van der Waals surface area contributed by atoms with Crippen molar-refractivity contribution in [3.63, 3.8) is 0 Å². The van der Waals surface area contributed by atoms with Crippen molar-refractivity contribution in [1.29, 1.82) is 0 Å². The first-order chi connectivity index (χ1) is 7.95. The molecule has 2 N–H and O–H groups in total. The van der Waals surface area contributed by atoms with E-state index in [1.54, 1.807) is 11.9 Å². The normalized spacial score (nSPS) is 10.9. The summed E-state index contributed by atoms with van der Waals surface area (Å²) in [4.78, 5) is 12.3. The molecule has 0 aliphatic carbocycles. The van der Waals surface area contributed by atoms with Crippen molar-refractivity contribution in [2.24, 2.45) is 0 Å². The number of aliphatic hydroxyl groups is 1. The molecule has 0 radical (unpaired) electrons. The molecule has 0 aliphatic rings. The van der Waals surface area contributed by atoms with Crippen LogP contribution in [0.5, 0.6) is 0 Å². The van der Waals surface area contributed by atoms with Gasteiger partial charge in [0.2, 0.25) is 0 Å². The molecule has 0 unspecified atom stereocenters. The summed E-state index contributed by atoms with van der Waals surface area (Å²) in [7, 11) is 1.71. The Morgan fingerprint density at radius 1 is 1.53 bits per heavy atom. The van der Waals surface area contributed by atoms with Gasteiger partial charge >= 0.3 is 5.69 Å². The largest absolute Gasteiger partial charge is 0.395 e. The molecule has 1 rings (SSSR count). The molecule has 0 heterocycles. The second-order valence-corrected chi connectivity index (χ2v) is 4.48. The quantitative estimate of drug-likeness (QED) is 0.814. The highest BCUT2D eigenvalue weighted by Gasteiger charge is 2.22. The van der Waals surface area contributed by atoms with E-state index in [0.29, 0.717) is 12.1 Å². The molecule has 94 valence electrons. The lowest BCUT2D eigenvalue weighted by molar-refractivity contribution is -0.730. The van der Waals surface area contributed by atoms with Gasteiger partial charge in [0, 0.05) is 19.2 Å². The van der Waals surface area contributed by atoms with Crippen LogP contribution in [0.25, 0.3) is 0 Å². The third kappa shape index (κ3) is 3.72. The number of aliphatic hydroxyl groups excluding tert-OH is 1. The molecule has 17 heavy (non-hydrogen) atoms. The SMILES string of the molecule is CN(CCO)Cc1cc(F)c(Br)cc1[N+](=O)O. The van der Waals surface area contributed by atoms with Gasteiger partial charge in [-0.05, 0) is 29.0 Å². The highest BCUT2D eigenvalue weighted by molar-refractivity contribution is 9.10. The van der Waals surface area contributed by atoms with Crippen LogP contribution in [0.2, 0.25) is 0 Å². The Morgan fingerprint density at radius 2 is 2.18 bits per heavy atom. The fourth-order valence-corrected chi connectivity index (χ4v) is 1.75. The molecular weight excluding hydrogens is 295 g/mol. The number of rotatable bonds is 5. The Hall–Kier alpha value is -1.05. The predicted octanol–water partition coefficient (Wildman–Crippen LogP) is 1.81. The number of nitrogens with zero attached hydrogens (tertiary/aromatic N) is 2. The maximum atomic E-state index is 13.3. The monoisotopic (exact) mass is 307 g/mol. The molecule has 0 saturated heterocycles. The summed E-state index contributed by atoms with van der Waals surface area (Å²) in [6.45, 7) is 0.603. The average Bonchev–Trinajstić information content (AvgIpc) is 2.23. The molecule has 0 amide bonds. The summed E-state index contributed by atoms with van der Waals surface area (Å²) in [6.07, 6.45) is 0. The standard InChI is InChI=1S/C10H13BrFN2O3/c1-13(2-3-15)6-7-4-9(12)8(11)5-10(7)14(16)17/h4-5,15H,2-3,6H2,1H3,(H,16,17)/q+1. The minimum Gasteiger partial charge on any atom is -0.395 e. The molecule has 0 bridgehead atoms. The molecule has 0 fully saturated rings. The van der Waals surface area contributed by atoms with Gasteiger partial charge < -0.3 is 5.11 Å². The van der Waals surface area contributed by atoms with Gasteiger partial charge in [0.05, 0.1) is 21.6 Å². The Bertz CT molecular complexity index is 428. The van der Waals surface area contributed by atoms with E-state index in [-0.39, 0.29) is 28.2 Å². The lowest BCUT2D eigenvalue weighted by Crippen LogP contribution is -2.22. The van der Waals surface area contributed by atoms with Gasteiger partial charge in [-0.1, -0.05) is 0 Å². The molecule has 1 aromatic carbocycles. The van der Waals surface area contributed by atoms with Crippen LogP contribution in [-0.2, 0) is 6.54 Å². The first-order valence-corrected chi connectivity index (χ1v) is 5.68. The van der Waals surface area contributed by atoms with Crippen molar-refractivity contribution in [2.45, 2.75) is 6.54 Å². The van der Waals surface area contributed by atoms with Crippen molar-refractivity contribution >= 4 is 21.6 Å². The molecule has 1 aromatic rings. The number of hydrogen-bond donors (Lipinski definition) is 2. The second-order valence-electron chi connectivity index (χ2n) is 3.63. The van der Waals surface area contributed by atoms with Crippen molar-refractivity contribution in [3.05, 3.63) is 32.9 Å². The van der Waals surface area contributed by atoms with E-state index >= 15 is 0 Å². The van der Waals surface area contributed by atoms with Crippen LogP contribution in [0.15, 0.2) is 16.6 Å². The van der Waals surface area contributed by atoms with E-state index in [1.807, 2.05) is 0 Å². The molecule has 5 nitrogen and oxygen atoms in total. The summed E-state index contributed by atoms with van der Waals surface area (Å²) in [5.74, 6) is -0.511. The fourth-order valence-electron chi connectivity index (χ4n) is 1.42. The van der Waals surface area contributed by atoms with Gasteiger partial charge in [0.15, 0.2) is 0 Å². The third-order valence-electron chi connectivity index (χ3n) is 2.25. The summed E-state index contributed by atoms with van der Waals surface area (Å²) in [6, 6.07) is 2.39. The lowest BCUT2D eigenvalue weighted by Gasteiger charge is -2.14. The van der Waals surface area contributed by atoms with E-state index in [2.05, 4.69) is 15.9 Å². The van der Waals surface area contributed by atoms with Crippen LogP contribution in [-0.4, -0.2) is 40.3 Å². The van der Waals surface area contributed by atoms with E-state index in [0.717, 1.165) is 0 Å². The second kappa shape index (κ2) is 6.04. The Labute approximate surface area is 106 Å². The first kappa shape index (κ1) is 14.0. The van der Waals surface area contributed by atoms with E-state index in [4.69, 9.17) is 10.3 Å². The van der Waals surface area contributed by atoms with E-state index in [1.165, 1.54) is 12.1 Å². The minimum atomic E-state index is -0.511. The Balaban J connectivity index is 3.04. The number of halogens is 2. The molecule has 7 heteroatoms. The van der Waals surface area contributed by atoms with E-state index in [9.17, 15) is 9.30 Å². The van der Waals surface area contributed by atoms with Crippen LogP contribution in [0.3, 0.4) is 0 Å². The highest BCUT2D eigenvalue weighted by atomic mass is 79.9. The predicted molar refractivity (Wildman–Crippen MR) is 62.6 cm³/mol. The van der Waals surface area contributed by atoms with Gasteiger partial charge in [-0.2, -0.15) is 0 Å².